The number of rotatable bonds is 9. The minimum absolute atomic E-state index is 0.0794. The molecule has 0 saturated carbocycles. The Hall–Kier alpha value is -4.40. The number of nitrogens with one attached hydrogen (secondary N) is 2. The molecule has 1 amide bonds. The monoisotopic (exact) mass is 476 g/mol. The second-order valence-corrected chi connectivity index (χ2v) is 7.82. The Morgan fingerprint density at radius 2 is 1.43 bits per heavy atom. The van der Waals surface area contributed by atoms with Crippen molar-refractivity contribution in [3.63, 3.8) is 0 Å². The molecule has 0 aliphatic carbocycles. The highest BCUT2D eigenvalue weighted by molar-refractivity contribution is 6.11. The van der Waals surface area contributed by atoms with E-state index in [0.29, 0.717) is 22.0 Å². The molecule has 178 valence electrons. The number of anilines is 1. The van der Waals surface area contributed by atoms with Crippen LogP contribution in [0.4, 0.5) is 20.3 Å². The third kappa shape index (κ3) is 5.40. The maximum Gasteiger partial charge on any atom is 0.324 e. The number of nitro groups is 1. The molecule has 0 bridgehead atoms. The minimum atomic E-state index is -0.663. The van der Waals surface area contributed by atoms with Gasteiger partial charge in [0.05, 0.1) is 10.4 Å². The van der Waals surface area contributed by atoms with Crippen LogP contribution in [0.5, 0.6) is 0 Å². The van der Waals surface area contributed by atoms with Crippen LogP contribution in [0.3, 0.4) is 0 Å². The lowest BCUT2D eigenvalue weighted by atomic mass is 10.1. The van der Waals surface area contributed by atoms with Crippen molar-refractivity contribution in [3.8, 4) is 0 Å². The first kappa shape index (κ1) is 23.7. The Bertz CT molecular complexity index is 1390. The summed E-state index contributed by atoms with van der Waals surface area (Å²) in [6.07, 6.45) is 0.492. The molecule has 9 heteroatoms. The van der Waals surface area contributed by atoms with Crippen LogP contribution in [0.15, 0.2) is 72.8 Å². The number of hydrogen-bond donors (Lipinski definition) is 2. The fraction of sp³-hybridized carbons (Fsp3) is 0.154. The number of amides is 1. The van der Waals surface area contributed by atoms with Gasteiger partial charge < -0.3 is 10.6 Å². The molecule has 4 rings (SSSR count). The number of halogens is 2. The van der Waals surface area contributed by atoms with Gasteiger partial charge in [0.2, 0.25) is 5.82 Å². The third-order valence-electron chi connectivity index (χ3n) is 5.56. The zero-order valence-corrected chi connectivity index (χ0v) is 18.6. The summed E-state index contributed by atoms with van der Waals surface area (Å²) in [7, 11) is 0. The first-order chi connectivity index (χ1) is 17.0. The Labute approximate surface area is 200 Å². The SMILES string of the molecule is O=C(NCCc1ccccc1F)c1c([N+](=O)[O-])c(NCCc2ccccc2F)nc2ccccc12. The van der Waals surface area contributed by atoms with Crippen molar-refractivity contribution in [1.82, 2.24) is 10.3 Å². The van der Waals surface area contributed by atoms with Crippen LogP contribution in [-0.4, -0.2) is 28.9 Å². The van der Waals surface area contributed by atoms with Crippen molar-refractivity contribution in [2.24, 2.45) is 0 Å². The second kappa shape index (κ2) is 10.7. The summed E-state index contributed by atoms with van der Waals surface area (Å²) < 4.78 is 27.8. The number of nitrogens with zero attached hydrogens (tertiary/aromatic N) is 2. The maximum absolute atomic E-state index is 13.9. The lowest BCUT2D eigenvalue weighted by Gasteiger charge is -2.13. The average molecular weight is 476 g/mol. The average Bonchev–Trinajstić information content (AvgIpc) is 2.85. The predicted octanol–water partition coefficient (Wildman–Crippen LogP) is 5.05. The summed E-state index contributed by atoms with van der Waals surface area (Å²) in [5, 5.41) is 17.9. The topological polar surface area (TPSA) is 97.2 Å². The zero-order chi connectivity index (χ0) is 24.8. The maximum atomic E-state index is 13.9. The standard InChI is InChI=1S/C26H22F2N4O3/c27-20-10-4-1-7-17(20)13-15-29-25-24(32(34)35)23(19-9-3-6-12-22(19)31-25)26(33)30-16-14-18-8-2-5-11-21(18)28/h1-12H,13-16H2,(H,29,31)(H,30,33). The molecule has 0 fully saturated rings. The fourth-order valence-corrected chi connectivity index (χ4v) is 3.85. The van der Waals surface area contributed by atoms with E-state index in [4.69, 9.17) is 0 Å². The van der Waals surface area contributed by atoms with Crippen molar-refractivity contribution < 1.29 is 18.5 Å². The van der Waals surface area contributed by atoms with Crippen molar-refractivity contribution in [3.05, 3.63) is 111 Å². The lowest BCUT2D eigenvalue weighted by molar-refractivity contribution is -0.384. The van der Waals surface area contributed by atoms with Gasteiger partial charge in [-0.3, -0.25) is 14.9 Å². The van der Waals surface area contributed by atoms with E-state index in [0.717, 1.165) is 0 Å². The van der Waals surface area contributed by atoms with Crippen molar-refractivity contribution in [1.29, 1.82) is 0 Å². The van der Waals surface area contributed by atoms with Crippen LogP contribution in [0.25, 0.3) is 10.9 Å². The van der Waals surface area contributed by atoms with E-state index < -0.39 is 16.5 Å². The number of pyridine rings is 1. The largest absolute Gasteiger partial charge is 0.364 e. The van der Waals surface area contributed by atoms with Crippen molar-refractivity contribution >= 4 is 28.3 Å². The van der Waals surface area contributed by atoms with Crippen molar-refractivity contribution in [2.75, 3.05) is 18.4 Å². The van der Waals surface area contributed by atoms with E-state index in [1.54, 1.807) is 60.7 Å². The number of carbonyl (C=O) groups excluding carboxylic acids is 1. The molecule has 0 atom stereocenters. The van der Waals surface area contributed by atoms with Gasteiger partial charge >= 0.3 is 5.69 Å². The highest BCUT2D eigenvalue weighted by Gasteiger charge is 2.29. The molecule has 0 unspecified atom stereocenters. The third-order valence-corrected chi connectivity index (χ3v) is 5.56. The van der Waals surface area contributed by atoms with E-state index in [2.05, 4.69) is 15.6 Å². The highest BCUT2D eigenvalue weighted by atomic mass is 19.1. The van der Waals surface area contributed by atoms with Gasteiger partial charge in [-0.1, -0.05) is 54.6 Å². The van der Waals surface area contributed by atoms with Crippen molar-refractivity contribution in [2.45, 2.75) is 12.8 Å². The van der Waals surface area contributed by atoms with E-state index in [1.165, 1.54) is 12.1 Å². The molecule has 35 heavy (non-hydrogen) atoms. The molecule has 1 aromatic heterocycles. The number of hydrogen-bond acceptors (Lipinski definition) is 5. The summed E-state index contributed by atoms with van der Waals surface area (Å²) in [6, 6.07) is 19.1. The summed E-state index contributed by atoms with van der Waals surface area (Å²) in [5.74, 6) is -1.50. The number of benzene rings is 3. The van der Waals surface area contributed by atoms with Crippen LogP contribution < -0.4 is 10.6 Å². The van der Waals surface area contributed by atoms with Gasteiger partial charge in [-0.2, -0.15) is 0 Å². The van der Waals surface area contributed by atoms with E-state index >= 15 is 0 Å². The molecule has 0 radical (unpaired) electrons. The van der Waals surface area contributed by atoms with Crippen LogP contribution in [-0.2, 0) is 12.8 Å². The van der Waals surface area contributed by atoms with Gasteiger partial charge in [-0.15, -0.1) is 0 Å². The van der Waals surface area contributed by atoms with Crippen LogP contribution in [0.1, 0.15) is 21.5 Å². The van der Waals surface area contributed by atoms with Gasteiger partial charge in [0, 0.05) is 18.5 Å². The molecule has 3 aromatic carbocycles. The lowest BCUT2D eigenvalue weighted by Crippen LogP contribution is -2.27. The molecule has 4 aromatic rings. The molecule has 1 heterocycles. The molecule has 0 saturated heterocycles. The van der Waals surface area contributed by atoms with Crippen LogP contribution in [0, 0.1) is 21.7 Å². The zero-order valence-electron chi connectivity index (χ0n) is 18.6. The molecule has 7 nitrogen and oxygen atoms in total. The molecule has 0 aliphatic heterocycles. The summed E-state index contributed by atoms with van der Waals surface area (Å²) in [4.78, 5) is 28.9. The minimum Gasteiger partial charge on any atom is -0.364 e. The normalized spacial score (nSPS) is 10.8. The summed E-state index contributed by atoms with van der Waals surface area (Å²) in [6.45, 7) is 0.255. The number of para-hydroxylation sites is 1. The smallest absolute Gasteiger partial charge is 0.324 e. The number of carbonyl (C=O) groups is 1. The van der Waals surface area contributed by atoms with Crippen LogP contribution in [0.2, 0.25) is 0 Å². The Kier molecular flexibility index (Phi) is 7.25. The highest BCUT2D eigenvalue weighted by Crippen LogP contribution is 2.33. The summed E-state index contributed by atoms with van der Waals surface area (Å²) >= 11 is 0. The van der Waals surface area contributed by atoms with E-state index in [9.17, 15) is 23.7 Å². The molecular formula is C26H22F2N4O3. The van der Waals surface area contributed by atoms with Gasteiger partial charge in [0.15, 0.2) is 0 Å². The molecule has 2 N–H and O–H groups in total. The van der Waals surface area contributed by atoms with E-state index in [-0.39, 0.29) is 48.9 Å². The van der Waals surface area contributed by atoms with Crippen LogP contribution >= 0.6 is 0 Å². The first-order valence-electron chi connectivity index (χ1n) is 11.0. The van der Waals surface area contributed by atoms with Gasteiger partial charge in [-0.05, 0) is 42.2 Å². The second-order valence-electron chi connectivity index (χ2n) is 7.82. The first-order valence-corrected chi connectivity index (χ1v) is 11.0. The summed E-state index contributed by atoms with van der Waals surface area (Å²) in [5.41, 5.74) is 0.667. The Morgan fingerprint density at radius 3 is 2.06 bits per heavy atom. The van der Waals surface area contributed by atoms with E-state index in [1.807, 2.05) is 0 Å². The number of fused-ring (bicyclic) bond motifs is 1. The molecule has 0 aliphatic rings. The Balaban J connectivity index is 1.61. The van der Waals surface area contributed by atoms with Gasteiger partial charge in [-0.25, -0.2) is 13.8 Å². The number of aromatic nitrogens is 1. The fourth-order valence-electron chi connectivity index (χ4n) is 3.85. The quantitative estimate of drug-likeness (QED) is 0.260. The predicted molar refractivity (Wildman–Crippen MR) is 129 cm³/mol. The Morgan fingerprint density at radius 1 is 0.857 bits per heavy atom. The van der Waals surface area contributed by atoms with Gasteiger partial charge in [0.25, 0.3) is 5.91 Å². The molecular weight excluding hydrogens is 454 g/mol. The molecule has 0 spiro atoms. The van der Waals surface area contributed by atoms with Gasteiger partial charge in [0.1, 0.15) is 17.2 Å².